The van der Waals surface area contributed by atoms with Crippen LogP contribution in [0.15, 0.2) is 67.4 Å². The molecule has 0 aliphatic rings. The van der Waals surface area contributed by atoms with Crippen LogP contribution in [0, 0.1) is 11.6 Å². The van der Waals surface area contributed by atoms with E-state index in [1.165, 1.54) is 25.3 Å². The summed E-state index contributed by atoms with van der Waals surface area (Å²) in [6.45, 7) is 1.53. The van der Waals surface area contributed by atoms with Crippen LogP contribution in [-0.4, -0.2) is 38.5 Å². The van der Waals surface area contributed by atoms with Gasteiger partial charge in [-0.25, -0.2) is 27.2 Å². The highest BCUT2D eigenvalue weighted by molar-refractivity contribution is 7.92. The van der Waals surface area contributed by atoms with Crippen LogP contribution in [0.3, 0.4) is 0 Å². The lowest BCUT2D eigenvalue weighted by Gasteiger charge is -2.12. The molecule has 3 aromatic heterocycles. The number of halogens is 2. The van der Waals surface area contributed by atoms with Gasteiger partial charge in [0.25, 0.3) is 0 Å². The number of benzene rings is 2. The highest BCUT2D eigenvalue weighted by Gasteiger charge is 2.20. The Bertz CT molecular complexity index is 1680. The van der Waals surface area contributed by atoms with E-state index >= 15 is 0 Å². The van der Waals surface area contributed by atoms with Crippen LogP contribution < -0.4 is 4.72 Å². The molecule has 3 heterocycles. The molecule has 0 saturated heterocycles. The average Bonchev–Trinajstić information content (AvgIpc) is 3.45. The van der Waals surface area contributed by atoms with E-state index in [0.717, 1.165) is 11.6 Å². The Morgan fingerprint density at radius 2 is 1.83 bits per heavy atom. The van der Waals surface area contributed by atoms with Crippen LogP contribution >= 0.6 is 0 Å². The second-order valence-corrected chi connectivity index (χ2v) is 9.91. The fourth-order valence-electron chi connectivity index (χ4n) is 3.91. The minimum absolute atomic E-state index is 0.0867. The third-order valence-corrected chi connectivity index (χ3v) is 6.88. The minimum atomic E-state index is -3.50. The Morgan fingerprint density at radius 1 is 1.03 bits per heavy atom. The van der Waals surface area contributed by atoms with Gasteiger partial charge in [-0.1, -0.05) is 6.07 Å². The van der Waals surface area contributed by atoms with Crippen molar-refractivity contribution in [2.75, 3.05) is 10.5 Å². The first-order valence-electron chi connectivity index (χ1n) is 10.7. The molecule has 0 fully saturated rings. The topological polar surface area (TPSA) is 94.7 Å². The smallest absolute Gasteiger partial charge is 0.233 e. The lowest BCUT2D eigenvalue weighted by Crippen LogP contribution is -2.15. The van der Waals surface area contributed by atoms with Gasteiger partial charge in [-0.2, -0.15) is 5.10 Å². The predicted molar refractivity (Wildman–Crippen MR) is 130 cm³/mol. The number of fused-ring (bicyclic) bond motifs is 1. The molecule has 178 valence electrons. The van der Waals surface area contributed by atoms with Crippen LogP contribution in [0.25, 0.3) is 39.0 Å². The van der Waals surface area contributed by atoms with Crippen LogP contribution in [0.4, 0.5) is 14.6 Å². The van der Waals surface area contributed by atoms with Gasteiger partial charge in [0.1, 0.15) is 23.8 Å². The SMILES string of the molecule is CCS(=O)(=O)Nc1cc(-n2cnc3c(-c4ccc(F)cc4F)c(-c4cnn(C)c4)ccc32)ccn1. The number of hydrogen-bond donors (Lipinski definition) is 1. The van der Waals surface area contributed by atoms with Gasteiger partial charge < -0.3 is 0 Å². The molecular weight excluding hydrogens is 474 g/mol. The maximum absolute atomic E-state index is 15.0. The molecule has 0 radical (unpaired) electrons. The molecule has 0 saturated carbocycles. The number of sulfonamides is 1. The van der Waals surface area contributed by atoms with Crippen LogP contribution in [0.5, 0.6) is 0 Å². The Kier molecular flexibility index (Phi) is 5.56. The van der Waals surface area contributed by atoms with Crippen LogP contribution in [0.1, 0.15) is 6.92 Å². The minimum Gasteiger partial charge on any atom is -0.299 e. The molecular formula is C24H20F2N6O2S. The molecule has 0 unspecified atom stereocenters. The van der Waals surface area contributed by atoms with Gasteiger partial charge in [0.2, 0.25) is 10.0 Å². The number of pyridine rings is 1. The second-order valence-electron chi connectivity index (χ2n) is 7.90. The molecule has 0 amide bonds. The average molecular weight is 495 g/mol. The summed E-state index contributed by atoms with van der Waals surface area (Å²) in [5.74, 6) is -1.30. The summed E-state index contributed by atoms with van der Waals surface area (Å²) >= 11 is 0. The molecule has 5 aromatic rings. The van der Waals surface area contributed by atoms with Gasteiger partial charge in [0.05, 0.1) is 28.7 Å². The normalized spacial score (nSPS) is 11.8. The molecule has 0 aliphatic heterocycles. The molecule has 1 N–H and O–H groups in total. The van der Waals surface area contributed by atoms with Gasteiger partial charge in [-0.05, 0) is 36.8 Å². The predicted octanol–water partition coefficient (Wildman–Crippen LogP) is 4.53. The third kappa shape index (κ3) is 4.26. The summed E-state index contributed by atoms with van der Waals surface area (Å²) in [6, 6.07) is 10.4. The molecule has 0 spiro atoms. The van der Waals surface area contributed by atoms with Crippen molar-refractivity contribution in [1.82, 2.24) is 24.3 Å². The molecule has 5 rings (SSSR count). The van der Waals surface area contributed by atoms with Gasteiger partial charge in [-0.15, -0.1) is 0 Å². The molecule has 0 aliphatic carbocycles. The highest BCUT2D eigenvalue weighted by atomic mass is 32.2. The molecule has 2 aromatic carbocycles. The van der Waals surface area contributed by atoms with Crippen molar-refractivity contribution in [2.45, 2.75) is 6.92 Å². The second kappa shape index (κ2) is 8.58. The summed E-state index contributed by atoms with van der Waals surface area (Å²) in [4.78, 5) is 8.65. The zero-order chi connectivity index (χ0) is 24.7. The van der Waals surface area contributed by atoms with Crippen molar-refractivity contribution in [3.05, 3.63) is 79.0 Å². The lowest BCUT2D eigenvalue weighted by atomic mass is 9.94. The summed E-state index contributed by atoms with van der Waals surface area (Å²) < 4.78 is 58.4. The molecule has 0 bridgehead atoms. The molecule has 8 nitrogen and oxygen atoms in total. The largest absolute Gasteiger partial charge is 0.299 e. The van der Waals surface area contributed by atoms with Crippen molar-refractivity contribution in [3.63, 3.8) is 0 Å². The number of anilines is 1. The van der Waals surface area contributed by atoms with E-state index in [9.17, 15) is 17.2 Å². The fraction of sp³-hybridized carbons (Fsp3) is 0.125. The maximum atomic E-state index is 15.0. The highest BCUT2D eigenvalue weighted by Crippen LogP contribution is 2.39. The van der Waals surface area contributed by atoms with Gasteiger partial charge >= 0.3 is 0 Å². The lowest BCUT2D eigenvalue weighted by molar-refractivity contribution is 0.585. The van der Waals surface area contributed by atoms with E-state index in [2.05, 4.69) is 19.8 Å². The number of rotatable bonds is 6. The van der Waals surface area contributed by atoms with E-state index in [4.69, 9.17) is 0 Å². The Balaban J connectivity index is 1.72. The molecule has 35 heavy (non-hydrogen) atoms. The van der Waals surface area contributed by atoms with Gasteiger partial charge in [0, 0.05) is 48.3 Å². The summed E-state index contributed by atoms with van der Waals surface area (Å²) in [6.07, 6.45) is 6.52. The van der Waals surface area contributed by atoms with E-state index < -0.39 is 21.7 Å². The van der Waals surface area contributed by atoms with Crippen molar-refractivity contribution in [3.8, 4) is 27.9 Å². The Morgan fingerprint density at radius 3 is 2.54 bits per heavy atom. The van der Waals surface area contributed by atoms with Crippen LogP contribution in [0.2, 0.25) is 0 Å². The van der Waals surface area contributed by atoms with E-state index in [1.54, 1.807) is 47.2 Å². The zero-order valence-corrected chi connectivity index (χ0v) is 19.6. The fourth-order valence-corrected chi connectivity index (χ4v) is 4.49. The number of aryl methyl sites for hydroxylation is 1. The first-order valence-corrected chi connectivity index (χ1v) is 12.3. The summed E-state index contributed by atoms with van der Waals surface area (Å²) in [5, 5.41) is 4.22. The van der Waals surface area contributed by atoms with Gasteiger partial charge in [-0.3, -0.25) is 14.0 Å². The third-order valence-electron chi connectivity index (χ3n) is 5.60. The Hall–Kier alpha value is -4.12. The van der Waals surface area contributed by atoms with E-state index in [0.29, 0.717) is 27.8 Å². The monoisotopic (exact) mass is 494 g/mol. The van der Waals surface area contributed by atoms with Crippen LogP contribution in [-0.2, 0) is 17.1 Å². The van der Waals surface area contributed by atoms with Crippen molar-refractivity contribution < 1.29 is 17.2 Å². The number of nitrogens with one attached hydrogen (secondary N) is 1. The molecule has 11 heteroatoms. The van der Waals surface area contributed by atoms with Crippen molar-refractivity contribution in [2.24, 2.45) is 7.05 Å². The number of hydrogen-bond acceptors (Lipinski definition) is 5. The van der Waals surface area contributed by atoms with Gasteiger partial charge in [0.15, 0.2) is 0 Å². The first-order chi connectivity index (χ1) is 16.8. The standard InChI is InChI=1S/C24H20F2N6O2S/c1-3-35(33,34)30-22-11-17(8-9-27-22)32-14-28-24-21(32)7-6-18(15-12-29-31(2)13-15)23(24)19-5-4-16(25)10-20(19)26/h4-14H,3H2,1-2H3,(H,27,30). The van der Waals surface area contributed by atoms with E-state index in [1.807, 2.05) is 12.1 Å². The first kappa shape index (κ1) is 22.7. The van der Waals surface area contributed by atoms with Crippen molar-refractivity contribution in [1.29, 1.82) is 0 Å². The number of nitrogens with zero attached hydrogens (tertiary/aromatic N) is 5. The number of aromatic nitrogens is 5. The number of imidazole rings is 1. The maximum Gasteiger partial charge on any atom is 0.233 e. The quantitative estimate of drug-likeness (QED) is 0.374. The van der Waals surface area contributed by atoms with Crippen molar-refractivity contribution >= 4 is 26.9 Å². The Labute approximate surface area is 199 Å². The van der Waals surface area contributed by atoms with E-state index in [-0.39, 0.29) is 17.1 Å². The zero-order valence-electron chi connectivity index (χ0n) is 18.8. The molecule has 0 atom stereocenters. The summed E-state index contributed by atoms with van der Waals surface area (Å²) in [7, 11) is -1.72. The summed E-state index contributed by atoms with van der Waals surface area (Å²) in [5.41, 5.74) is 3.88.